The molecule has 1 heterocycles. The van der Waals surface area contributed by atoms with Crippen molar-refractivity contribution in [2.24, 2.45) is 5.92 Å². The first-order valence-electron chi connectivity index (χ1n) is 8.28. The second-order valence-corrected chi connectivity index (χ2v) is 6.13. The van der Waals surface area contributed by atoms with E-state index in [2.05, 4.69) is 0 Å². The Bertz CT molecular complexity index is 674. The van der Waals surface area contributed by atoms with Crippen LogP contribution < -0.4 is 0 Å². The third-order valence-corrected chi connectivity index (χ3v) is 4.76. The van der Waals surface area contributed by atoms with Crippen LogP contribution in [0.3, 0.4) is 0 Å². The van der Waals surface area contributed by atoms with E-state index in [1.807, 2.05) is 30.3 Å². The van der Waals surface area contributed by atoms with Crippen molar-refractivity contribution in [1.82, 2.24) is 4.90 Å². The van der Waals surface area contributed by atoms with Crippen LogP contribution in [0.25, 0.3) is 0 Å². The fourth-order valence-electron chi connectivity index (χ4n) is 3.49. The summed E-state index contributed by atoms with van der Waals surface area (Å²) >= 11 is 0. The molecule has 2 fully saturated rings. The van der Waals surface area contributed by atoms with Crippen molar-refractivity contribution in [3.63, 3.8) is 0 Å². The summed E-state index contributed by atoms with van der Waals surface area (Å²) in [7, 11) is 0. The second kappa shape index (κ2) is 7.09. The molecule has 1 aliphatic carbocycles. The molecule has 2 atom stereocenters. The SMILES string of the molecule is C/C=C1/C(=O)CC(c2ccccc2)C(C(=O)N2CCOCC2)C1=O. The number of benzene rings is 1. The van der Waals surface area contributed by atoms with Crippen molar-refractivity contribution in [2.45, 2.75) is 19.3 Å². The number of rotatable bonds is 2. The van der Waals surface area contributed by atoms with Gasteiger partial charge in [0.25, 0.3) is 0 Å². The molecule has 0 spiro atoms. The summed E-state index contributed by atoms with van der Waals surface area (Å²) in [5, 5.41) is 0. The Hall–Kier alpha value is -2.27. The molecule has 1 aromatic rings. The van der Waals surface area contributed by atoms with Gasteiger partial charge in [0.05, 0.1) is 18.8 Å². The molecule has 1 aromatic carbocycles. The van der Waals surface area contributed by atoms with Crippen molar-refractivity contribution in [1.29, 1.82) is 0 Å². The normalized spacial score (nSPS) is 26.7. The molecule has 1 saturated carbocycles. The maximum absolute atomic E-state index is 13.0. The summed E-state index contributed by atoms with van der Waals surface area (Å²) in [5.41, 5.74) is 1.02. The highest BCUT2D eigenvalue weighted by molar-refractivity contribution is 6.27. The lowest BCUT2D eigenvalue weighted by Gasteiger charge is -2.35. The molecule has 0 N–H and O–H groups in total. The number of hydrogen-bond acceptors (Lipinski definition) is 4. The van der Waals surface area contributed by atoms with E-state index in [0.717, 1.165) is 5.56 Å². The number of Topliss-reactive ketones (excluding diaryl/α,β-unsaturated/α-hetero) is 2. The average molecular weight is 327 g/mol. The zero-order valence-corrected chi connectivity index (χ0v) is 13.7. The first kappa shape index (κ1) is 16.6. The molecule has 126 valence electrons. The van der Waals surface area contributed by atoms with Gasteiger partial charge in [0.2, 0.25) is 5.91 Å². The van der Waals surface area contributed by atoms with Gasteiger partial charge in [-0.2, -0.15) is 0 Å². The number of ketones is 2. The minimum absolute atomic E-state index is 0.161. The van der Waals surface area contributed by atoms with Crippen molar-refractivity contribution in [3.05, 3.63) is 47.5 Å². The lowest BCUT2D eigenvalue weighted by Crippen LogP contribution is -2.49. The molecule has 0 bridgehead atoms. The van der Waals surface area contributed by atoms with Crippen LogP contribution in [-0.4, -0.2) is 48.7 Å². The smallest absolute Gasteiger partial charge is 0.234 e. The van der Waals surface area contributed by atoms with Crippen LogP contribution in [0.2, 0.25) is 0 Å². The number of amides is 1. The van der Waals surface area contributed by atoms with Crippen LogP contribution in [0.5, 0.6) is 0 Å². The lowest BCUT2D eigenvalue weighted by atomic mass is 9.71. The predicted molar refractivity (Wildman–Crippen MR) is 88.5 cm³/mol. The molecule has 2 aliphatic rings. The van der Waals surface area contributed by atoms with Crippen LogP contribution in [0.1, 0.15) is 24.8 Å². The minimum Gasteiger partial charge on any atom is -0.378 e. The van der Waals surface area contributed by atoms with E-state index in [9.17, 15) is 14.4 Å². The van der Waals surface area contributed by atoms with Crippen molar-refractivity contribution < 1.29 is 19.1 Å². The average Bonchev–Trinajstić information content (AvgIpc) is 2.62. The van der Waals surface area contributed by atoms with Gasteiger partial charge in [0.1, 0.15) is 5.92 Å². The first-order chi connectivity index (χ1) is 11.6. The highest BCUT2D eigenvalue weighted by Gasteiger charge is 2.45. The summed E-state index contributed by atoms with van der Waals surface area (Å²) in [6.07, 6.45) is 1.72. The third kappa shape index (κ3) is 3.04. The summed E-state index contributed by atoms with van der Waals surface area (Å²) in [6, 6.07) is 9.38. The van der Waals surface area contributed by atoms with Crippen LogP contribution in [0.4, 0.5) is 0 Å². The molecule has 0 radical (unpaired) electrons. The van der Waals surface area contributed by atoms with Gasteiger partial charge in [0, 0.05) is 25.4 Å². The van der Waals surface area contributed by atoms with Gasteiger partial charge in [-0.05, 0) is 12.5 Å². The Kier molecular flexibility index (Phi) is 4.90. The number of carbonyl (C=O) groups is 3. The largest absolute Gasteiger partial charge is 0.378 e. The number of nitrogens with zero attached hydrogens (tertiary/aromatic N) is 1. The molecule has 1 amide bonds. The minimum atomic E-state index is -0.825. The summed E-state index contributed by atoms with van der Waals surface area (Å²) in [4.78, 5) is 39.9. The Balaban J connectivity index is 1.97. The first-order valence-corrected chi connectivity index (χ1v) is 8.28. The van der Waals surface area contributed by atoms with Crippen LogP contribution in [0.15, 0.2) is 42.0 Å². The molecule has 3 rings (SSSR count). The van der Waals surface area contributed by atoms with E-state index in [-0.39, 0.29) is 29.5 Å². The predicted octanol–water partition coefficient (Wildman–Crippen LogP) is 1.73. The molecule has 0 aromatic heterocycles. The van der Waals surface area contributed by atoms with Crippen molar-refractivity contribution >= 4 is 17.5 Å². The summed E-state index contributed by atoms with van der Waals surface area (Å²) in [6.45, 7) is 3.62. The zero-order chi connectivity index (χ0) is 17.1. The summed E-state index contributed by atoms with van der Waals surface area (Å²) in [5.74, 6) is -1.94. The van der Waals surface area contributed by atoms with Gasteiger partial charge in [-0.15, -0.1) is 0 Å². The van der Waals surface area contributed by atoms with Gasteiger partial charge < -0.3 is 9.64 Å². The van der Waals surface area contributed by atoms with Gasteiger partial charge in [-0.25, -0.2) is 0 Å². The van der Waals surface area contributed by atoms with E-state index in [4.69, 9.17) is 4.74 Å². The summed E-state index contributed by atoms with van der Waals surface area (Å²) < 4.78 is 5.29. The van der Waals surface area contributed by atoms with Crippen LogP contribution in [0, 0.1) is 5.92 Å². The quantitative estimate of drug-likeness (QED) is 0.471. The van der Waals surface area contributed by atoms with E-state index < -0.39 is 11.8 Å². The van der Waals surface area contributed by atoms with Gasteiger partial charge in [-0.3, -0.25) is 14.4 Å². The van der Waals surface area contributed by atoms with E-state index >= 15 is 0 Å². The number of morpholine rings is 1. The number of ether oxygens (including phenoxy) is 1. The molecule has 2 unspecified atom stereocenters. The monoisotopic (exact) mass is 327 g/mol. The fraction of sp³-hybridized carbons (Fsp3) is 0.421. The third-order valence-electron chi connectivity index (χ3n) is 4.76. The standard InChI is InChI=1S/C19H21NO4/c1-2-14-16(21)12-15(13-6-4-3-5-7-13)17(18(14)22)19(23)20-8-10-24-11-9-20/h2-7,15,17H,8-12H2,1H3/b14-2-. The molecule has 5 nitrogen and oxygen atoms in total. The van der Waals surface area contributed by atoms with Crippen LogP contribution >= 0.6 is 0 Å². The van der Waals surface area contributed by atoms with Crippen molar-refractivity contribution in [3.8, 4) is 0 Å². The molecule has 24 heavy (non-hydrogen) atoms. The van der Waals surface area contributed by atoms with Gasteiger partial charge in [0.15, 0.2) is 11.6 Å². The topological polar surface area (TPSA) is 63.7 Å². The lowest BCUT2D eigenvalue weighted by molar-refractivity contribution is -0.146. The van der Waals surface area contributed by atoms with E-state index in [1.54, 1.807) is 11.8 Å². The fourth-order valence-corrected chi connectivity index (χ4v) is 3.49. The second-order valence-electron chi connectivity index (χ2n) is 6.13. The maximum atomic E-state index is 13.0. The Morgan fingerprint density at radius 3 is 2.46 bits per heavy atom. The Morgan fingerprint density at radius 1 is 1.17 bits per heavy atom. The highest BCUT2D eigenvalue weighted by Crippen LogP contribution is 2.37. The van der Waals surface area contributed by atoms with E-state index in [1.165, 1.54) is 6.08 Å². The maximum Gasteiger partial charge on any atom is 0.234 e. The van der Waals surface area contributed by atoms with Crippen molar-refractivity contribution in [2.75, 3.05) is 26.3 Å². The Morgan fingerprint density at radius 2 is 1.83 bits per heavy atom. The highest BCUT2D eigenvalue weighted by atomic mass is 16.5. The van der Waals surface area contributed by atoms with E-state index in [0.29, 0.717) is 26.3 Å². The Labute approximate surface area is 141 Å². The molecular formula is C19H21NO4. The molecule has 1 aliphatic heterocycles. The zero-order valence-electron chi connectivity index (χ0n) is 13.7. The molecule has 5 heteroatoms. The molecule has 1 saturated heterocycles. The van der Waals surface area contributed by atoms with Gasteiger partial charge >= 0.3 is 0 Å². The number of carbonyl (C=O) groups excluding carboxylic acids is 3. The van der Waals surface area contributed by atoms with Gasteiger partial charge in [-0.1, -0.05) is 36.4 Å². The number of hydrogen-bond donors (Lipinski definition) is 0. The molecular weight excluding hydrogens is 306 g/mol. The van der Waals surface area contributed by atoms with Crippen LogP contribution in [-0.2, 0) is 19.1 Å². The number of allylic oxidation sites excluding steroid dienone is 2.